The lowest BCUT2D eigenvalue weighted by molar-refractivity contribution is -0.137. The molecule has 3 fully saturated rings. The molecule has 0 radical (unpaired) electrons. The molecule has 0 bridgehead atoms. The summed E-state index contributed by atoms with van der Waals surface area (Å²) in [6, 6.07) is 10.5. The van der Waals surface area contributed by atoms with Crippen molar-refractivity contribution in [2.45, 2.75) is 44.2 Å². The summed E-state index contributed by atoms with van der Waals surface area (Å²) >= 11 is 0. The molecule has 6 heteroatoms. The lowest BCUT2D eigenvalue weighted by atomic mass is 9.95. The van der Waals surface area contributed by atoms with Crippen LogP contribution < -0.4 is 10.1 Å². The van der Waals surface area contributed by atoms with Gasteiger partial charge in [-0.3, -0.25) is 14.5 Å². The molecule has 2 aliphatic heterocycles. The van der Waals surface area contributed by atoms with Gasteiger partial charge in [0.25, 0.3) is 5.91 Å². The number of likely N-dealkylation sites (tertiary alicyclic amines) is 2. The Bertz CT molecular complexity index is 654. The van der Waals surface area contributed by atoms with Crippen LogP contribution in [0.1, 0.15) is 32.1 Å². The first-order valence-corrected chi connectivity index (χ1v) is 10.2. The van der Waals surface area contributed by atoms with Gasteiger partial charge < -0.3 is 15.0 Å². The molecule has 4 rings (SSSR count). The van der Waals surface area contributed by atoms with Crippen molar-refractivity contribution < 1.29 is 14.3 Å². The Hall–Kier alpha value is -2.08. The zero-order valence-corrected chi connectivity index (χ0v) is 15.8. The number of ether oxygens (including phenoxy) is 1. The molecule has 1 aromatic carbocycles. The van der Waals surface area contributed by atoms with E-state index in [2.05, 4.69) is 10.2 Å². The highest BCUT2D eigenvalue weighted by Crippen LogP contribution is 2.30. The van der Waals surface area contributed by atoms with Crippen LogP contribution in [0.5, 0.6) is 5.75 Å². The number of piperidine rings is 1. The van der Waals surface area contributed by atoms with Crippen LogP contribution in [0.15, 0.2) is 30.3 Å². The van der Waals surface area contributed by atoms with Crippen molar-refractivity contribution in [2.75, 3.05) is 32.8 Å². The minimum atomic E-state index is -0.00595. The lowest BCUT2D eigenvalue weighted by Crippen LogP contribution is -2.46. The molecule has 6 nitrogen and oxygen atoms in total. The van der Waals surface area contributed by atoms with Gasteiger partial charge in [-0.05, 0) is 44.2 Å². The molecule has 1 aliphatic carbocycles. The van der Waals surface area contributed by atoms with E-state index in [4.69, 9.17) is 4.74 Å². The molecule has 0 spiro atoms. The van der Waals surface area contributed by atoms with Crippen LogP contribution in [0.2, 0.25) is 0 Å². The molecule has 27 heavy (non-hydrogen) atoms. The number of nitrogens with zero attached hydrogens (tertiary/aromatic N) is 2. The van der Waals surface area contributed by atoms with Gasteiger partial charge in [0, 0.05) is 44.2 Å². The summed E-state index contributed by atoms with van der Waals surface area (Å²) in [5.74, 6) is 0.898. The summed E-state index contributed by atoms with van der Waals surface area (Å²) in [4.78, 5) is 29.2. The van der Waals surface area contributed by atoms with Crippen LogP contribution in [0, 0.1) is 5.92 Å². The molecule has 1 saturated carbocycles. The molecule has 2 saturated heterocycles. The van der Waals surface area contributed by atoms with E-state index in [1.54, 1.807) is 0 Å². The van der Waals surface area contributed by atoms with E-state index < -0.39 is 0 Å². The third-order valence-electron chi connectivity index (χ3n) is 5.95. The van der Waals surface area contributed by atoms with Crippen molar-refractivity contribution in [1.29, 1.82) is 0 Å². The molecule has 1 unspecified atom stereocenters. The maximum atomic E-state index is 12.6. The molecule has 1 N–H and O–H groups in total. The van der Waals surface area contributed by atoms with Crippen molar-refractivity contribution in [1.82, 2.24) is 15.1 Å². The summed E-state index contributed by atoms with van der Waals surface area (Å²) in [5.41, 5.74) is 0. The number of amides is 2. The summed E-state index contributed by atoms with van der Waals surface area (Å²) in [6.45, 7) is 3.44. The van der Waals surface area contributed by atoms with Crippen LogP contribution in [-0.4, -0.2) is 66.5 Å². The Morgan fingerprint density at radius 2 is 1.74 bits per heavy atom. The van der Waals surface area contributed by atoms with Crippen LogP contribution in [-0.2, 0) is 9.59 Å². The fourth-order valence-corrected chi connectivity index (χ4v) is 4.14. The minimum Gasteiger partial charge on any atom is -0.484 e. The SMILES string of the molecule is O=C(NC1CCN(C2CC2)C1)C1CCN(C(=O)COc2ccccc2)CC1. The number of carbonyl (C=O) groups is 2. The van der Waals surface area contributed by atoms with Crippen LogP contribution in [0.4, 0.5) is 0 Å². The van der Waals surface area contributed by atoms with E-state index >= 15 is 0 Å². The standard InChI is InChI=1S/C21H29N3O3/c25-20(15-27-19-4-2-1-3-5-19)23-11-8-16(9-12-23)21(26)22-17-10-13-24(14-17)18-6-7-18/h1-5,16-18H,6-15H2,(H,22,26). The summed E-state index contributed by atoms with van der Waals surface area (Å²) in [7, 11) is 0. The topological polar surface area (TPSA) is 61.9 Å². The first-order valence-electron chi connectivity index (χ1n) is 10.2. The molecule has 146 valence electrons. The average molecular weight is 371 g/mol. The summed E-state index contributed by atoms with van der Waals surface area (Å²) < 4.78 is 5.54. The van der Waals surface area contributed by atoms with E-state index in [0.29, 0.717) is 24.9 Å². The largest absolute Gasteiger partial charge is 0.484 e. The number of carbonyl (C=O) groups excluding carboxylic acids is 2. The van der Waals surface area contributed by atoms with Gasteiger partial charge in [0.1, 0.15) is 5.75 Å². The molecular weight excluding hydrogens is 342 g/mol. The fraction of sp³-hybridized carbons (Fsp3) is 0.619. The quantitative estimate of drug-likeness (QED) is 0.826. The van der Waals surface area contributed by atoms with Crippen LogP contribution >= 0.6 is 0 Å². The summed E-state index contributed by atoms with van der Waals surface area (Å²) in [6.07, 6.45) is 5.18. The van der Waals surface area contributed by atoms with Gasteiger partial charge in [0.15, 0.2) is 6.61 Å². The van der Waals surface area contributed by atoms with E-state index in [0.717, 1.165) is 38.4 Å². The Kier molecular flexibility index (Phi) is 5.62. The minimum absolute atomic E-state index is 0.00595. The zero-order chi connectivity index (χ0) is 18.6. The van der Waals surface area contributed by atoms with Crippen molar-refractivity contribution in [3.63, 3.8) is 0 Å². The Balaban J connectivity index is 1.17. The van der Waals surface area contributed by atoms with Gasteiger partial charge >= 0.3 is 0 Å². The van der Waals surface area contributed by atoms with Gasteiger partial charge in [0.05, 0.1) is 0 Å². The summed E-state index contributed by atoms with van der Waals surface area (Å²) in [5, 5.41) is 3.24. The molecule has 0 aromatic heterocycles. The highest BCUT2D eigenvalue weighted by Gasteiger charge is 2.36. The molecule has 3 aliphatic rings. The first-order chi connectivity index (χ1) is 13.2. The van der Waals surface area contributed by atoms with Crippen molar-refractivity contribution >= 4 is 11.8 Å². The van der Waals surface area contributed by atoms with E-state index in [-0.39, 0.29) is 24.3 Å². The molecule has 1 aromatic rings. The second kappa shape index (κ2) is 8.30. The monoisotopic (exact) mass is 371 g/mol. The van der Waals surface area contributed by atoms with Gasteiger partial charge in [-0.1, -0.05) is 18.2 Å². The zero-order valence-electron chi connectivity index (χ0n) is 15.8. The van der Waals surface area contributed by atoms with Crippen molar-refractivity contribution in [3.05, 3.63) is 30.3 Å². The lowest BCUT2D eigenvalue weighted by Gasteiger charge is -2.32. The maximum absolute atomic E-state index is 12.6. The smallest absolute Gasteiger partial charge is 0.260 e. The van der Waals surface area contributed by atoms with Crippen molar-refractivity contribution in [3.8, 4) is 5.75 Å². The number of nitrogens with one attached hydrogen (secondary N) is 1. The molecular formula is C21H29N3O3. The Labute approximate surface area is 160 Å². The predicted octanol–water partition coefficient (Wildman–Crippen LogP) is 1.66. The Morgan fingerprint density at radius 1 is 1.00 bits per heavy atom. The normalized spacial score (nSPS) is 24.0. The number of para-hydroxylation sites is 1. The van der Waals surface area contributed by atoms with E-state index in [9.17, 15) is 9.59 Å². The third kappa shape index (κ3) is 4.80. The van der Waals surface area contributed by atoms with E-state index in [1.165, 1.54) is 12.8 Å². The average Bonchev–Trinajstić information content (AvgIpc) is 3.46. The van der Waals surface area contributed by atoms with Gasteiger partial charge in [0.2, 0.25) is 5.91 Å². The number of hydrogen-bond donors (Lipinski definition) is 1. The third-order valence-corrected chi connectivity index (χ3v) is 5.95. The highest BCUT2D eigenvalue weighted by atomic mass is 16.5. The number of benzene rings is 1. The van der Waals surface area contributed by atoms with Crippen molar-refractivity contribution in [2.24, 2.45) is 5.92 Å². The highest BCUT2D eigenvalue weighted by molar-refractivity contribution is 5.80. The van der Waals surface area contributed by atoms with Gasteiger partial charge in [-0.15, -0.1) is 0 Å². The predicted molar refractivity (Wildman–Crippen MR) is 102 cm³/mol. The Morgan fingerprint density at radius 3 is 2.44 bits per heavy atom. The van der Waals surface area contributed by atoms with Gasteiger partial charge in [-0.2, -0.15) is 0 Å². The maximum Gasteiger partial charge on any atom is 0.260 e. The second-order valence-electron chi connectivity index (χ2n) is 7.98. The molecule has 2 amide bonds. The molecule has 1 atom stereocenters. The molecule has 2 heterocycles. The van der Waals surface area contributed by atoms with Crippen LogP contribution in [0.3, 0.4) is 0 Å². The van der Waals surface area contributed by atoms with Crippen LogP contribution in [0.25, 0.3) is 0 Å². The van der Waals surface area contributed by atoms with Gasteiger partial charge in [-0.25, -0.2) is 0 Å². The van der Waals surface area contributed by atoms with E-state index in [1.807, 2.05) is 35.2 Å². The number of hydrogen-bond acceptors (Lipinski definition) is 4. The first kappa shape index (κ1) is 18.3. The second-order valence-corrected chi connectivity index (χ2v) is 7.98. The fourth-order valence-electron chi connectivity index (χ4n) is 4.14. The number of rotatable bonds is 6.